The largest absolute Gasteiger partial charge is 0.356 e. The molecule has 0 unspecified atom stereocenters. The van der Waals surface area contributed by atoms with Crippen LogP contribution in [0.15, 0.2) is 29.3 Å². The Kier molecular flexibility index (Phi) is 8.70. The lowest BCUT2D eigenvalue weighted by atomic mass is 10.2. The van der Waals surface area contributed by atoms with Gasteiger partial charge in [-0.05, 0) is 24.1 Å². The van der Waals surface area contributed by atoms with Crippen molar-refractivity contribution in [2.45, 2.75) is 19.9 Å². The van der Waals surface area contributed by atoms with Gasteiger partial charge in [-0.15, -0.1) is 24.0 Å². The van der Waals surface area contributed by atoms with Gasteiger partial charge in [-0.3, -0.25) is 4.99 Å². The van der Waals surface area contributed by atoms with E-state index in [1.165, 1.54) is 12.1 Å². The fourth-order valence-electron chi connectivity index (χ4n) is 1.56. The van der Waals surface area contributed by atoms with E-state index in [1.807, 2.05) is 11.9 Å². The zero-order chi connectivity index (χ0) is 12.7. The van der Waals surface area contributed by atoms with E-state index >= 15 is 0 Å². The smallest absolute Gasteiger partial charge is 0.193 e. The third-order valence-electron chi connectivity index (χ3n) is 2.44. The van der Waals surface area contributed by atoms with E-state index in [1.54, 1.807) is 19.2 Å². The van der Waals surface area contributed by atoms with Gasteiger partial charge < -0.3 is 10.2 Å². The van der Waals surface area contributed by atoms with Gasteiger partial charge in [0, 0.05) is 27.2 Å². The summed E-state index contributed by atoms with van der Waals surface area (Å²) in [5, 5.41) is 3.25. The Hall–Kier alpha value is -0.850. The van der Waals surface area contributed by atoms with Crippen LogP contribution >= 0.6 is 24.0 Å². The highest BCUT2D eigenvalue weighted by atomic mass is 127. The molecule has 0 bridgehead atoms. The first-order chi connectivity index (χ1) is 8.17. The van der Waals surface area contributed by atoms with Crippen molar-refractivity contribution in [1.82, 2.24) is 10.2 Å². The summed E-state index contributed by atoms with van der Waals surface area (Å²) in [5.74, 6) is 0.654. The molecule has 0 saturated heterocycles. The van der Waals surface area contributed by atoms with Crippen LogP contribution in [-0.4, -0.2) is 31.5 Å². The molecule has 1 aromatic rings. The quantitative estimate of drug-likeness (QED) is 0.505. The lowest BCUT2D eigenvalue weighted by Crippen LogP contribution is -2.38. The molecule has 0 aliphatic rings. The average molecular weight is 365 g/mol. The highest BCUT2D eigenvalue weighted by Crippen LogP contribution is 2.05. The lowest BCUT2D eigenvalue weighted by Gasteiger charge is -2.21. The number of halogens is 2. The molecule has 1 aromatic carbocycles. The van der Waals surface area contributed by atoms with Crippen LogP contribution in [0.1, 0.15) is 18.9 Å². The molecule has 1 N–H and O–H groups in total. The number of hydrogen-bond acceptors (Lipinski definition) is 1. The summed E-state index contributed by atoms with van der Waals surface area (Å²) in [5.41, 5.74) is 1.06. The summed E-state index contributed by atoms with van der Waals surface area (Å²) >= 11 is 0. The van der Waals surface area contributed by atoms with E-state index in [2.05, 4.69) is 17.2 Å². The van der Waals surface area contributed by atoms with Gasteiger partial charge in [0.15, 0.2) is 5.96 Å². The second-order valence-electron chi connectivity index (χ2n) is 3.96. The Morgan fingerprint density at radius 3 is 2.44 bits per heavy atom. The van der Waals surface area contributed by atoms with Crippen LogP contribution in [0.3, 0.4) is 0 Å². The maximum atomic E-state index is 12.8. The number of hydrogen-bond donors (Lipinski definition) is 1. The van der Waals surface area contributed by atoms with Crippen LogP contribution < -0.4 is 5.32 Å². The molecule has 0 aliphatic heterocycles. The first-order valence-electron chi connectivity index (χ1n) is 5.83. The predicted octanol–water partition coefficient (Wildman–Crippen LogP) is 2.86. The van der Waals surface area contributed by atoms with Crippen molar-refractivity contribution in [3.05, 3.63) is 35.6 Å². The van der Waals surface area contributed by atoms with Crippen LogP contribution in [-0.2, 0) is 6.54 Å². The molecule has 0 radical (unpaired) electrons. The number of nitrogens with one attached hydrogen (secondary N) is 1. The van der Waals surface area contributed by atoms with Gasteiger partial charge in [0.1, 0.15) is 5.82 Å². The molecule has 18 heavy (non-hydrogen) atoms. The van der Waals surface area contributed by atoms with Crippen molar-refractivity contribution >= 4 is 29.9 Å². The van der Waals surface area contributed by atoms with Crippen LogP contribution in [0, 0.1) is 5.82 Å². The first kappa shape index (κ1) is 17.2. The van der Waals surface area contributed by atoms with Crippen molar-refractivity contribution in [1.29, 1.82) is 0 Å². The van der Waals surface area contributed by atoms with Crippen molar-refractivity contribution < 1.29 is 4.39 Å². The highest BCUT2D eigenvalue weighted by Gasteiger charge is 2.05. The Balaban J connectivity index is 0.00000289. The second-order valence-corrected chi connectivity index (χ2v) is 3.96. The van der Waals surface area contributed by atoms with E-state index in [4.69, 9.17) is 0 Å². The van der Waals surface area contributed by atoms with Gasteiger partial charge in [0.05, 0.1) is 0 Å². The van der Waals surface area contributed by atoms with Crippen LogP contribution in [0.2, 0.25) is 0 Å². The fourth-order valence-corrected chi connectivity index (χ4v) is 1.56. The fraction of sp³-hybridized carbons (Fsp3) is 0.462. The van der Waals surface area contributed by atoms with Gasteiger partial charge in [-0.25, -0.2) is 4.39 Å². The van der Waals surface area contributed by atoms with Crippen molar-refractivity contribution in [3.63, 3.8) is 0 Å². The number of nitrogens with zero attached hydrogens (tertiary/aromatic N) is 2. The van der Waals surface area contributed by atoms with Crippen LogP contribution in [0.25, 0.3) is 0 Å². The topological polar surface area (TPSA) is 27.6 Å². The Bertz CT molecular complexity index is 365. The van der Waals surface area contributed by atoms with E-state index in [0.29, 0.717) is 6.54 Å². The van der Waals surface area contributed by atoms with E-state index in [0.717, 1.165) is 24.5 Å². The molecule has 102 valence electrons. The zero-order valence-corrected chi connectivity index (χ0v) is 13.4. The summed E-state index contributed by atoms with van der Waals surface area (Å²) in [7, 11) is 3.73. The molecule has 5 heteroatoms. The predicted molar refractivity (Wildman–Crippen MR) is 84.9 cm³/mol. The summed E-state index contributed by atoms with van der Waals surface area (Å²) < 4.78 is 12.8. The monoisotopic (exact) mass is 365 g/mol. The summed E-state index contributed by atoms with van der Waals surface area (Å²) in [6, 6.07) is 6.54. The average Bonchev–Trinajstić information content (AvgIpc) is 2.33. The highest BCUT2D eigenvalue weighted by molar-refractivity contribution is 14.0. The maximum Gasteiger partial charge on any atom is 0.193 e. The van der Waals surface area contributed by atoms with E-state index < -0.39 is 0 Å². The minimum Gasteiger partial charge on any atom is -0.356 e. The van der Waals surface area contributed by atoms with Gasteiger partial charge in [0.2, 0.25) is 0 Å². The van der Waals surface area contributed by atoms with Gasteiger partial charge in [0.25, 0.3) is 0 Å². The lowest BCUT2D eigenvalue weighted by molar-refractivity contribution is 0.476. The van der Waals surface area contributed by atoms with Gasteiger partial charge in [-0.2, -0.15) is 0 Å². The summed E-state index contributed by atoms with van der Waals surface area (Å²) in [6.45, 7) is 3.73. The molecular formula is C13H21FIN3. The molecule has 1 rings (SSSR count). The normalized spacial score (nSPS) is 10.8. The summed E-state index contributed by atoms with van der Waals surface area (Å²) in [6.07, 6.45) is 1.06. The second kappa shape index (κ2) is 9.13. The van der Waals surface area contributed by atoms with Crippen molar-refractivity contribution in [3.8, 4) is 0 Å². The van der Waals surface area contributed by atoms with Crippen LogP contribution in [0.4, 0.5) is 4.39 Å². The van der Waals surface area contributed by atoms with Crippen LogP contribution in [0.5, 0.6) is 0 Å². The van der Waals surface area contributed by atoms with Gasteiger partial charge >= 0.3 is 0 Å². The third-order valence-corrected chi connectivity index (χ3v) is 2.44. The minimum absolute atomic E-state index is 0. The molecule has 0 fully saturated rings. The number of benzene rings is 1. The molecule has 0 amide bonds. The number of rotatable bonds is 4. The summed E-state index contributed by atoms with van der Waals surface area (Å²) in [4.78, 5) is 6.21. The molecule has 0 aliphatic carbocycles. The van der Waals surface area contributed by atoms with Gasteiger partial charge in [-0.1, -0.05) is 19.1 Å². The Morgan fingerprint density at radius 1 is 1.33 bits per heavy atom. The molecule has 0 spiro atoms. The first-order valence-corrected chi connectivity index (χ1v) is 5.83. The van der Waals surface area contributed by atoms with E-state index in [9.17, 15) is 4.39 Å². The number of aliphatic imine (C=N–C) groups is 1. The zero-order valence-electron chi connectivity index (χ0n) is 11.1. The molecule has 0 saturated carbocycles. The minimum atomic E-state index is -0.204. The third kappa shape index (κ3) is 5.66. The Labute approximate surface area is 126 Å². The molecule has 3 nitrogen and oxygen atoms in total. The molecular weight excluding hydrogens is 344 g/mol. The standard InChI is InChI=1S/C13H20FN3.HI/c1-4-9-16-13(15-2)17(3)10-11-5-7-12(14)8-6-11;/h5-8H,4,9-10H2,1-3H3,(H,15,16);1H. The van der Waals surface area contributed by atoms with E-state index in [-0.39, 0.29) is 29.8 Å². The SMILES string of the molecule is CCCNC(=NC)N(C)Cc1ccc(F)cc1.I. The molecule has 0 atom stereocenters. The maximum absolute atomic E-state index is 12.8. The number of guanidine groups is 1. The molecule has 0 aromatic heterocycles. The van der Waals surface area contributed by atoms with Crippen molar-refractivity contribution in [2.75, 3.05) is 20.6 Å². The molecule has 0 heterocycles. The van der Waals surface area contributed by atoms with Crippen molar-refractivity contribution in [2.24, 2.45) is 4.99 Å². The Morgan fingerprint density at radius 2 is 1.94 bits per heavy atom.